The van der Waals surface area contributed by atoms with E-state index in [2.05, 4.69) is 61.1 Å². The van der Waals surface area contributed by atoms with Gasteiger partial charge in [-0.2, -0.15) is 0 Å². The molecule has 2 unspecified atom stereocenters. The first-order valence-electron chi connectivity index (χ1n) is 14.6. The van der Waals surface area contributed by atoms with Gasteiger partial charge in [-0.3, -0.25) is 9.38 Å². The third kappa shape index (κ3) is 5.78. The lowest BCUT2D eigenvalue weighted by Crippen LogP contribution is -2.80. The van der Waals surface area contributed by atoms with Gasteiger partial charge in [-0.1, -0.05) is 24.3 Å². The number of aldehydes is 1. The van der Waals surface area contributed by atoms with Crippen LogP contribution in [0, 0.1) is 0 Å². The number of benzene rings is 2. The van der Waals surface area contributed by atoms with Crippen LogP contribution < -0.4 is 10.4 Å². The minimum absolute atomic E-state index is 0.0392. The summed E-state index contributed by atoms with van der Waals surface area (Å²) < 4.78 is 1.33. The summed E-state index contributed by atoms with van der Waals surface area (Å²) in [5.41, 5.74) is 1.66. The van der Waals surface area contributed by atoms with Crippen molar-refractivity contribution in [3.63, 3.8) is 0 Å². The number of fused-ring (bicyclic) bond motifs is 1. The van der Waals surface area contributed by atoms with E-state index in [4.69, 9.17) is 0 Å². The maximum atomic E-state index is 13.6. The summed E-state index contributed by atoms with van der Waals surface area (Å²) in [6.07, 6.45) is 3.02. The maximum absolute atomic E-state index is 13.6. The van der Waals surface area contributed by atoms with Crippen molar-refractivity contribution in [3.8, 4) is 0 Å². The molecule has 0 spiro atoms. The van der Waals surface area contributed by atoms with Gasteiger partial charge in [0, 0.05) is 64.8 Å². The number of hydrogen-bond acceptors (Lipinski definition) is 6. The molecule has 3 aliphatic heterocycles. The van der Waals surface area contributed by atoms with E-state index in [1.165, 1.54) is 0 Å². The number of hydrogen-bond donors (Lipinski definition) is 1. The number of carbonyl (C=O) groups is 3. The highest BCUT2D eigenvalue weighted by Crippen LogP contribution is 2.45. The molecule has 3 atom stereocenters. The molecule has 0 radical (unpaired) electrons. The van der Waals surface area contributed by atoms with Crippen LogP contribution in [0.15, 0.2) is 51.4 Å². The Morgan fingerprint density at radius 2 is 1.86 bits per heavy atom. The first kappa shape index (κ1) is 31.1. The number of para-hydroxylation sites is 1. The second kappa shape index (κ2) is 12.7. The Morgan fingerprint density at radius 3 is 2.52 bits per heavy atom. The molecule has 3 aliphatic rings. The molecule has 9 nitrogen and oxygen atoms in total. The Kier molecular flexibility index (Phi) is 9.44. The second-order valence-electron chi connectivity index (χ2n) is 12.1. The highest BCUT2D eigenvalue weighted by Gasteiger charge is 2.61. The van der Waals surface area contributed by atoms with Gasteiger partial charge in [0.2, 0.25) is 0 Å². The predicted molar refractivity (Wildman–Crippen MR) is 167 cm³/mol. The number of nitrogens with one attached hydrogen (secondary N) is 1. The number of carboxylic acid groups (broad SMARTS) is 1. The molecule has 3 heterocycles. The third-order valence-electron chi connectivity index (χ3n) is 9.77. The van der Waals surface area contributed by atoms with Crippen LogP contribution in [0.5, 0.6) is 0 Å². The lowest BCUT2D eigenvalue weighted by molar-refractivity contribution is -0.956. The Labute approximate surface area is 264 Å². The average molecular weight is 705 g/mol. The molecular weight excluding hydrogens is 666 g/mol. The number of piperidine rings is 2. The summed E-state index contributed by atoms with van der Waals surface area (Å²) in [6.45, 7) is 2.29. The van der Waals surface area contributed by atoms with Crippen molar-refractivity contribution in [2.24, 2.45) is 0 Å². The molecule has 0 saturated carbocycles. The van der Waals surface area contributed by atoms with Crippen molar-refractivity contribution in [1.29, 1.82) is 0 Å². The quantitative estimate of drug-likeness (QED) is 0.339. The third-order valence-corrected chi connectivity index (χ3v) is 11.6. The molecule has 1 N–H and O–H groups in total. The zero-order valence-corrected chi connectivity index (χ0v) is 27.4. The van der Waals surface area contributed by atoms with Crippen LogP contribution in [-0.4, -0.2) is 95.6 Å². The van der Waals surface area contributed by atoms with Crippen molar-refractivity contribution >= 4 is 56.0 Å². The predicted octanol–water partition coefficient (Wildman–Crippen LogP) is 4.44. The number of quaternary nitrogens is 1. The molecule has 226 valence electrons. The number of nitrogens with zero attached hydrogens (tertiary/aromatic N) is 4. The summed E-state index contributed by atoms with van der Waals surface area (Å²) in [6, 6.07) is 13.6. The summed E-state index contributed by atoms with van der Waals surface area (Å²) in [5, 5.41) is 16.6. The Bertz CT molecular complexity index is 1330. The van der Waals surface area contributed by atoms with Gasteiger partial charge in [0.25, 0.3) is 6.09 Å². The standard InChI is InChI=1S/C31H39Br2N5O4/c1-35(2)24-10-14-36(15-11-24)31(13-18-39)20-25(37-16-9-23-5-3-4-6-28(23)34-29(37)40)12-17-38(31,30(41)42)21-22-7-8-26(32)27(33)19-22/h3-8,18-19,24-25H,9-17,20-21H2,1-2H3,(H-,34,40,41,42)/t25?,31?,38-/m0/s1. The minimum Gasteiger partial charge on any atom is -0.498 e. The van der Waals surface area contributed by atoms with Gasteiger partial charge in [-0.05, 0) is 89.0 Å². The van der Waals surface area contributed by atoms with E-state index in [-0.39, 0.29) is 36.1 Å². The first-order chi connectivity index (χ1) is 20.1. The number of urea groups is 1. The van der Waals surface area contributed by atoms with Crippen molar-refractivity contribution < 1.29 is 24.0 Å². The minimum atomic E-state index is -1.18. The fourth-order valence-electron chi connectivity index (χ4n) is 7.46. The van der Waals surface area contributed by atoms with E-state index in [1.807, 2.05) is 47.4 Å². The highest BCUT2D eigenvalue weighted by atomic mass is 79.9. The van der Waals surface area contributed by atoms with Gasteiger partial charge in [-0.15, -0.1) is 0 Å². The summed E-state index contributed by atoms with van der Waals surface area (Å²) in [5.74, 6) is 0. The molecule has 11 heteroatoms. The smallest absolute Gasteiger partial charge is 0.322 e. The van der Waals surface area contributed by atoms with E-state index in [9.17, 15) is 19.5 Å². The lowest BCUT2D eigenvalue weighted by atomic mass is 9.81. The normalized spacial score (nSPS) is 27.3. The topological polar surface area (TPSA) is 96.0 Å². The van der Waals surface area contributed by atoms with E-state index in [0.717, 1.165) is 44.9 Å². The van der Waals surface area contributed by atoms with Crippen LogP contribution in [0.2, 0.25) is 0 Å². The fourth-order valence-corrected chi connectivity index (χ4v) is 8.13. The number of likely N-dealkylation sites (tertiary alicyclic amines) is 2. The molecule has 2 fully saturated rings. The molecule has 5 rings (SSSR count). The zero-order valence-electron chi connectivity index (χ0n) is 24.2. The largest absolute Gasteiger partial charge is 0.498 e. The van der Waals surface area contributed by atoms with Crippen molar-refractivity contribution in [3.05, 3.63) is 62.5 Å². The van der Waals surface area contributed by atoms with Crippen molar-refractivity contribution in [2.45, 2.75) is 62.8 Å². The Balaban J connectivity index is 1.55. The lowest BCUT2D eigenvalue weighted by Gasteiger charge is -2.61. The molecule has 2 aromatic carbocycles. The van der Waals surface area contributed by atoms with Crippen LogP contribution in [0.3, 0.4) is 0 Å². The van der Waals surface area contributed by atoms with E-state index in [1.54, 1.807) is 0 Å². The van der Waals surface area contributed by atoms with Crippen LogP contribution >= 0.6 is 31.9 Å². The summed E-state index contributed by atoms with van der Waals surface area (Å²) >= 11 is 7.09. The SMILES string of the molecule is CN(C)C1CCN(C2(CC=O)CC(N3CCc4ccccc4NC3=O)CC[N@+]2(Cc2ccc(Br)c(Br)c2)C(=O)[O-])CC1. The van der Waals surface area contributed by atoms with Crippen molar-refractivity contribution in [1.82, 2.24) is 14.7 Å². The Morgan fingerprint density at radius 1 is 1.12 bits per heavy atom. The molecular formula is C31H39Br2N5O4. The molecule has 0 aromatic heterocycles. The molecule has 0 bridgehead atoms. The van der Waals surface area contributed by atoms with Gasteiger partial charge >= 0.3 is 6.03 Å². The molecule has 3 amide bonds. The van der Waals surface area contributed by atoms with Crippen LogP contribution in [0.25, 0.3) is 0 Å². The first-order valence-corrected chi connectivity index (χ1v) is 16.2. The van der Waals surface area contributed by atoms with E-state index in [0.29, 0.717) is 44.9 Å². The van der Waals surface area contributed by atoms with Crippen LogP contribution in [0.1, 0.15) is 43.2 Å². The Hall–Kier alpha value is -2.31. The highest BCUT2D eigenvalue weighted by molar-refractivity contribution is 9.13. The number of amides is 3. The fraction of sp³-hybridized carbons (Fsp3) is 0.516. The van der Waals surface area contributed by atoms with E-state index < -0.39 is 11.8 Å². The number of carbonyl (C=O) groups excluding carboxylic acids is 3. The number of rotatable bonds is 7. The molecule has 42 heavy (non-hydrogen) atoms. The van der Waals surface area contributed by atoms with Gasteiger partial charge in [0.1, 0.15) is 12.8 Å². The number of halogens is 2. The van der Waals surface area contributed by atoms with Crippen molar-refractivity contribution in [2.75, 3.05) is 45.6 Å². The summed E-state index contributed by atoms with van der Waals surface area (Å²) in [7, 11) is 4.14. The van der Waals surface area contributed by atoms with Gasteiger partial charge in [0.15, 0.2) is 5.66 Å². The second-order valence-corrected chi connectivity index (χ2v) is 13.8. The van der Waals surface area contributed by atoms with Crippen LogP contribution in [-0.2, 0) is 17.8 Å². The summed E-state index contributed by atoms with van der Waals surface area (Å²) in [4.78, 5) is 45.9. The maximum Gasteiger partial charge on any atom is 0.322 e. The van der Waals surface area contributed by atoms with Crippen LogP contribution in [0.4, 0.5) is 15.3 Å². The number of anilines is 1. The van der Waals surface area contributed by atoms with Gasteiger partial charge in [-0.25, -0.2) is 4.79 Å². The van der Waals surface area contributed by atoms with Gasteiger partial charge in [0.05, 0.1) is 13.0 Å². The monoisotopic (exact) mass is 703 g/mol. The van der Waals surface area contributed by atoms with Gasteiger partial charge < -0.3 is 29.8 Å². The average Bonchev–Trinajstić information content (AvgIpc) is 3.14. The van der Waals surface area contributed by atoms with E-state index >= 15 is 0 Å². The zero-order chi connectivity index (χ0) is 30.1. The molecule has 2 aromatic rings. The molecule has 0 aliphatic carbocycles. The molecule has 2 saturated heterocycles.